The number of hydrogen-bond donors (Lipinski definition) is 2. The van der Waals surface area contributed by atoms with Crippen molar-refractivity contribution in [2.45, 2.75) is 32.9 Å². The topological polar surface area (TPSA) is 79.5 Å². The number of alkyl halides is 3. The van der Waals surface area contributed by atoms with Crippen molar-refractivity contribution in [2.75, 3.05) is 23.7 Å². The van der Waals surface area contributed by atoms with Gasteiger partial charge in [0.15, 0.2) is 5.82 Å². The first-order valence-corrected chi connectivity index (χ1v) is 6.78. The summed E-state index contributed by atoms with van der Waals surface area (Å²) in [6, 6.07) is 3.80. The smallest absolute Gasteiger partial charge is 0.475 e. The van der Waals surface area contributed by atoms with Gasteiger partial charge in [0.25, 0.3) is 0 Å². The predicted octanol–water partition coefficient (Wildman–Crippen LogP) is 2.92. The van der Waals surface area contributed by atoms with Crippen molar-refractivity contribution in [3.63, 3.8) is 0 Å². The molecule has 1 aromatic rings. The number of hydrogen-bond acceptors (Lipinski definition) is 4. The van der Waals surface area contributed by atoms with Crippen LogP contribution in [-0.4, -0.2) is 35.3 Å². The summed E-state index contributed by atoms with van der Waals surface area (Å²) in [5.41, 5.74) is 7.18. The molecule has 2 heterocycles. The number of rotatable bonds is 1. The molecule has 0 amide bonds. The van der Waals surface area contributed by atoms with Gasteiger partial charge in [-0.05, 0) is 30.4 Å². The molecule has 0 unspecified atom stereocenters. The molecule has 0 spiro atoms. The highest BCUT2D eigenvalue weighted by atomic mass is 19.4. The molecule has 22 heavy (non-hydrogen) atoms. The van der Waals surface area contributed by atoms with E-state index in [0.29, 0.717) is 5.41 Å². The van der Waals surface area contributed by atoms with E-state index in [0.717, 1.165) is 24.6 Å². The summed E-state index contributed by atoms with van der Waals surface area (Å²) in [5.74, 6) is -1.81. The van der Waals surface area contributed by atoms with Crippen molar-refractivity contribution in [2.24, 2.45) is 5.41 Å². The van der Waals surface area contributed by atoms with Gasteiger partial charge < -0.3 is 15.7 Å². The van der Waals surface area contributed by atoms with Crippen LogP contribution in [0.25, 0.3) is 0 Å². The van der Waals surface area contributed by atoms with Crippen LogP contribution in [0.4, 0.5) is 24.7 Å². The zero-order valence-electron chi connectivity index (χ0n) is 12.5. The van der Waals surface area contributed by atoms with Gasteiger partial charge in [-0.15, -0.1) is 0 Å². The molecule has 0 saturated carbocycles. The van der Waals surface area contributed by atoms with Gasteiger partial charge >= 0.3 is 12.1 Å². The maximum atomic E-state index is 10.6. The fourth-order valence-electron chi connectivity index (χ4n) is 2.00. The number of halogens is 3. The van der Waals surface area contributed by atoms with Gasteiger partial charge in [0.1, 0.15) is 0 Å². The van der Waals surface area contributed by atoms with Gasteiger partial charge in [-0.2, -0.15) is 13.2 Å². The summed E-state index contributed by atoms with van der Waals surface area (Å²) >= 11 is 0. The number of carboxylic acid groups (broad SMARTS) is 1. The average molecular weight is 319 g/mol. The third-order valence-electron chi connectivity index (χ3n) is 3.48. The van der Waals surface area contributed by atoms with Gasteiger partial charge in [-0.1, -0.05) is 13.8 Å². The van der Waals surface area contributed by atoms with Crippen LogP contribution in [0, 0.1) is 5.41 Å². The van der Waals surface area contributed by atoms with Crippen molar-refractivity contribution < 1.29 is 23.1 Å². The molecule has 0 atom stereocenters. The molecule has 1 aliphatic heterocycles. The second-order valence-corrected chi connectivity index (χ2v) is 5.87. The Labute approximate surface area is 126 Å². The van der Waals surface area contributed by atoms with Crippen LogP contribution in [0.2, 0.25) is 0 Å². The van der Waals surface area contributed by atoms with Gasteiger partial charge in [0, 0.05) is 19.3 Å². The van der Waals surface area contributed by atoms with Crippen molar-refractivity contribution in [1.82, 2.24) is 4.98 Å². The Balaban J connectivity index is 0.000000295. The Morgan fingerprint density at radius 2 is 1.86 bits per heavy atom. The van der Waals surface area contributed by atoms with Crippen LogP contribution in [0.5, 0.6) is 0 Å². The lowest BCUT2D eigenvalue weighted by Crippen LogP contribution is -2.38. The van der Waals surface area contributed by atoms with E-state index in [1.807, 2.05) is 18.3 Å². The summed E-state index contributed by atoms with van der Waals surface area (Å²) in [6.07, 6.45) is -0.850. The fraction of sp³-hybridized carbons (Fsp3) is 0.571. The van der Waals surface area contributed by atoms with Crippen LogP contribution in [0.15, 0.2) is 18.3 Å². The maximum Gasteiger partial charge on any atom is 0.490 e. The van der Waals surface area contributed by atoms with E-state index in [2.05, 4.69) is 23.7 Å². The van der Waals surface area contributed by atoms with Crippen LogP contribution in [0.3, 0.4) is 0 Å². The molecule has 1 aromatic heterocycles. The van der Waals surface area contributed by atoms with E-state index in [1.165, 1.54) is 12.8 Å². The van der Waals surface area contributed by atoms with Crippen LogP contribution < -0.4 is 10.6 Å². The molecule has 5 nitrogen and oxygen atoms in total. The van der Waals surface area contributed by atoms with Crippen LogP contribution in [-0.2, 0) is 4.79 Å². The molecule has 1 saturated heterocycles. The van der Waals surface area contributed by atoms with E-state index in [-0.39, 0.29) is 0 Å². The highest BCUT2D eigenvalue weighted by Gasteiger charge is 2.38. The standard InChI is InChI=1S/C12H19N3.C2HF3O2/c1-12(2)5-8-15(9-6-12)11-10(13)4-3-7-14-11;3-2(4,5)1(6)7/h3-4,7H,5-6,8-9,13H2,1-2H3;(H,6,7). The molecule has 0 aromatic carbocycles. The zero-order chi connectivity index (χ0) is 17.0. The van der Waals surface area contributed by atoms with Gasteiger partial charge in [-0.25, -0.2) is 9.78 Å². The molecular weight excluding hydrogens is 299 g/mol. The zero-order valence-corrected chi connectivity index (χ0v) is 12.5. The van der Waals surface area contributed by atoms with Crippen LogP contribution in [0.1, 0.15) is 26.7 Å². The lowest BCUT2D eigenvalue weighted by atomic mass is 9.83. The van der Waals surface area contributed by atoms with Gasteiger partial charge in [0.05, 0.1) is 5.69 Å². The number of aromatic nitrogens is 1. The number of aliphatic carboxylic acids is 1. The first kappa shape index (κ1) is 18.1. The van der Waals surface area contributed by atoms with E-state index in [4.69, 9.17) is 15.6 Å². The molecule has 0 radical (unpaired) electrons. The lowest BCUT2D eigenvalue weighted by molar-refractivity contribution is -0.192. The quantitative estimate of drug-likeness (QED) is 0.832. The Morgan fingerprint density at radius 3 is 2.27 bits per heavy atom. The minimum absolute atomic E-state index is 0.472. The molecule has 8 heteroatoms. The summed E-state index contributed by atoms with van der Waals surface area (Å²) in [4.78, 5) is 15.5. The maximum absolute atomic E-state index is 10.6. The summed E-state index contributed by atoms with van der Waals surface area (Å²) in [7, 11) is 0. The number of piperidine rings is 1. The Kier molecular flexibility index (Phi) is 5.62. The normalized spacial score (nSPS) is 17.4. The summed E-state index contributed by atoms with van der Waals surface area (Å²) in [6.45, 7) is 6.78. The Morgan fingerprint density at radius 1 is 1.36 bits per heavy atom. The molecule has 3 N–H and O–H groups in total. The van der Waals surface area contributed by atoms with E-state index in [1.54, 1.807) is 0 Å². The first-order valence-electron chi connectivity index (χ1n) is 6.78. The van der Waals surface area contributed by atoms with Crippen LogP contribution >= 0.6 is 0 Å². The van der Waals surface area contributed by atoms with E-state index >= 15 is 0 Å². The second-order valence-electron chi connectivity index (χ2n) is 5.87. The highest BCUT2D eigenvalue weighted by molar-refractivity contribution is 5.73. The molecule has 0 aliphatic carbocycles. The molecular formula is C14H20F3N3O2. The molecule has 2 rings (SSSR count). The average Bonchev–Trinajstić information content (AvgIpc) is 2.39. The largest absolute Gasteiger partial charge is 0.490 e. The number of carbonyl (C=O) groups is 1. The second kappa shape index (κ2) is 6.85. The number of carboxylic acids is 1. The minimum atomic E-state index is -5.08. The van der Waals surface area contributed by atoms with E-state index in [9.17, 15) is 13.2 Å². The molecule has 124 valence electrons. The number of nitrogens with zero attached hydrogens (tertiary/aromatic N) is 2. The Bertz CT molecular complexity index is 508. The Hall–Kier alpha value is -1.99. The highest BCUT2D eigenvalue weighted by Crippen LogP contribution is 2.32. The molecule has 1 aliphatic rings. The first-order chi connectivity index (χ1) is 10.0. The third-order valence-corrected chi connectivity index (χ3v) is 3.48. The summed E-state index contributed by atoms with van der Waals surface area (Å²) in [5, 5.41) is 7.12. The van der Waals surface area contributed by atoms with Crippen molar-refractivity contribution in [3.8, 4) is 0 Å². The minimum Gasteiger partial charge on any atom is -0.475 e. The monoisotopic (exact) mass is 319 g/mol. The lowest BCUT2D eigenvalue weighted by Gasteiger charge is -2.37. The number of nitrogens with two attached hydrogens (primary N) is 1. The molecule has 1 fully saturated rings. The third kappa shape index (κ3) is 5.42. The summed E-state index contributed by atoms with van der Waals surface area (Å²) < 4.78 is 31.7. The number of anilines is 2. The van der Waals surface area contributed by atoms with E-state index < -0.39 is 12.1 Å². The number of nitrogen functional groups attached to an aromatic ring is 1. The predicted molar refractivity (Wildman–Crippen MR) is 77.6 cm³/mol. The van der Waals surface area contributed by atoms with Crippen molar-refractivity contribution in [3.05, 3.63) is 18.3 Å². The van der Waals surface area contributed by atoms with Gasteiger partial charge in [0.2, 0.25) is 0 Å². The van der Waals surface area contributed by atoms with Crippen molar-refractivity contribution >= 4 is 17.5 Å². The fourth-order valence-corrected chi connectivity index (χ4v) is 2.00. The molecule has 0 bridgehead atoms. The number of pyridine rings is 1. The van der Waals surface area contributed by atoms with Crippen molar-refractivity contribution in [1.29, 1.82) is 0 Å². The SMILES string of the molecule is CC1(C)CCN(c2ncccc2N)CC1.O=C(O)C(F)(F)F. The van der Waals surface area contributed by atoms with Gasteiger partial charge in [-0.3, -0.25) is 0 Å².